The van der Waals surface area contributed by atoms with Gasteiger partial charge in [0.25, 0.3) is 0 Å². The highest BCUT2D eigenvalue weighted by Gasteiger charge is 2.26. The second kappa shape index (κ2) is 9.50. The first-order valence-electron chi connectivity index (χ1n) is 8.75. The summed E-state index contributed by atoms with van der Waals surface area (Å²) in [5.41, 5.74) is 0. The van der Waals surface area contributed by atoms with E-state index in [0.717, 1.165) is 35.4 Å². The minimum absolute atomic E-state index is 0.0247. The van der Waals surface area contributed by atoms with Crippen molar-refractivity contribution in [3.05, 3.63) is 56.9 Å². The third kappa shape index (κ3) is 5.68. The summed E-state index contributed by atoms with van der Waals surface area (Å²) in [6.45, 7) is 0. The van der Waals surface area contributed by atoms with Crippen LogP contribution in [-0.2, 0) is 9.59 Å². The molecule has 0 bridgehead atoms. The Morgan fingerprint density at radius 1 is 0.846 bits per heavy atom. The van der Waals surface area contributed by atoms with Crippen LogP contribution in [0.5, 0.6) is 0 Å². The molecule has 2 unspecified atom stereocenters. The topological polar surface area (TPSA) is 58.2 Å². The molecule has 2 N–H and O–H groups in total. The third-order valence-electron chi connectivity index (χ3n) is 4.31. The minimum atomic E-state index is -0.112. The number of nitrogens with one attached hydrogen (secondary N) is 2. The summed E-state index contributed by atoms with van der Waals surface area (Å²) in [5.74, 6) is -0.225. The van der Waals surface area contributed by atoms with E-state index in [1.54, 1.807) is 34.8 Å². The molecule has 1 aliphatic carbocycles. The molecule has 6 heteroatoms. The number of carbonyl (C=O) groups is 2. The average molecular weight is 387 g/mol. The SMILES string of the molecule is O=C(/C=C/c1cccs1)NC1CCCCC1NC(=O)/C=C/c1cccs1. The molecule has 1 saturated carbocycles. The summed E-state index contributed by atoms with van der Waals surface area (Å²) in [6.07, 6.45) is 10.7. The number of hydrogen-bond acceptors (Lipinski definition) is 4. The molecule has 0 radical (unpaired) electrons. The quantitative estimate of drug-likeness (QED) is 0.735. The fourth-order valence-corrected chi connectivity index (χ4v) is 4.26. The highest BCUT2D eigenvalue weighted by molar-refractivity contribution is 7.11. The van der Waals surface area contributed by atoms with Crippen LogP contribution in [0.1, 0.15) is 35.4 Å². The van der Waals surface area contributed by atoms with Crippen LogP contribution >= 0.6 is 22.7 Å². The number of carbonyl (C=O) groups excluding carboxylic acids is 2. The van der Waals surface area contributed by atoms with E-state index in [1.165, 1.54) is 0 Å². The molecule has 1 aliphatic rings. The Kier molecular flexibility index (Phi) is 6.80. The lowest BCUT2D eigenvalue weighted by molar-refractivity contribution is -0.120. The molecule has 4 nitrogen and oxygen atoms in total. The maximum atomic E-state index is 12.2. The van der Waals surface area contributed by atoms with E-state index in [1.807, 2.05) is 47.2 Å². The monoisotopic (exact) mass is 386 g/mol. The average Bonchev–Trinajstić information content (AvgIpc) is 3.34. The highest BCUT2D eigenvalue weighted by Crippen LogP contribution is 2.19. The maximum Gasteiger partial charge on any atom is 0.244 e. The number of rotatable bonds is 6. The lowest BCUT2D eigenvalue weighted by Crippen LogP contribution is -2.52. The van der Waals surface area contributed by atoms with Gasteiger partial charge in [-0.25, -0.2) is 0 Å². The number of hydrogen-bond donors (Lipinski definition) is 2. The van der Waals surface area contributed by atoms with E-state index in [9.17, 15) is 9.59 Å². The largest absolute Gasteiger partial charge is 0.348 e. The van der Waals surface area contributed by atoms with Crippen molar-refractivity contribution in [2.75, 3.05) is 0 Å². The van der Waals surface area contributed by atoms with Gasteiger partial charge in [-0.05, 0) is 47.9 Å². The van der Waals surface area contributed by atoms with E-state index in [-0.39, 0.29) is 23.9 Å². The summed E-state index contributed by atoms with van der Waals surface area (Å²) in [7, 11) is 0. The van der Waals surface area contributed by atoms with Crippen molar-refractivity contribution in [3.8, 4) is 0 Å². The van der Waals surface area contributed by atoms with Crippen LogP contribution in [-0.4, -0.2) is 23.9 Å². The molecule has 0 aliphatic heterocycles. The second-order valence-corrected chi connectivity index (χ2v) is 8.17. The number of thiophene rings is 2. The molecule has 2 aromatic heterocycles. The molecule has 2 heterocycles. The van der Waals surface area contributed by atoms with E-state index < -0.39 is 0 Å². The predicted molar refractivity (Wildman–Crippen MR) is 109 cm³/mol. The molecule has 2 atom stereocenters. The van der Waals surface area contributed by atoms with Gasteiger partial charge in [-0.2, -0.15) is 0 Å². The van der Waals surface area contributed by atoms with Gasteiger partial charge in [0.2, 0.25) is 11.8 Å². The van der Waals surface area contributed by atoms with Crippen LogP contribution in [0.15, 0.2) is 47.2 Å². The van der Waals surface area contributed by atoms with Gasteiger partial charge in [-0.3, -0.25) is 9.59 Å². The predicted octanol–water partition coefficient (Wildman–Crippen LogP) is 4.08. The molecule has 0 saturated heterocycles. The third-order valence-corrected chi connectivity index (χ3v) is 5.98. The zero-order chi connectivity index (χ0) is 18.2. The van der Waals surface area contributed by atoms with Crippen LogP contribution in [0.3, 0.4) is 0 Å². The number of amides is 2. The molecule has 26 heavy (non-hydrogen) atoms. The zero-order valence-electron chi connectivity index (χ0n) is 14.4. The summed E-state index contributed by atoms with van der Waals surface area (Å²) in [6, 6.07) is 7.81. The van der Waals surface area contributed by atoms with Crippen LogP contribution in [0.2, 0.25) is 0 Å². The highest BCUT2D eigenvalue weighted by atomic mass is 32.1. The molecule has 2 amide bonds. The van der Waals surface area contributed by atoms with Gasteiger partial charge in [0.1, 0.15) is 0 Å². The Hall–Kier alpha value is -2.18. The first-order valence-corrected chi connectivity index (χ1v) is 10.5. The van der Waals surface area contributed by atoms with Gasteiger partial charge >= 0.3 is 0 Å². The van der Waals surface area contributed by atoms with Crippen molar-refractivity contribution >= 4 is 46.6 Å². The van der Waals surface area contributed by atoms with Crippen molar-refractivity contribution in [2.24, 2.45) is 0 Å². The van der Waals surface area contributed by atoms with Crippen molar-refractivity contribution in [1.82, 2.24) is 10.6 Å². The van der Waals surface area contributed by atoms with Gasteiger partial charge in [0.15, 0.2) is 0 Å². The molecule has 136 valence electrons. The fraction of sp³-hybridized carbons (Fsp3) is 0.300. The Balaban J connectivity index is 1.53. The van der Waals surface area contributed by atoms with E-state index >= 15 is 0 Å². The van der Waals surface area contributed by atoms with Crippen LogP contribution < -0.4 is 10.6 Å². The Bertz CT molecular complexity index is 698. The molecular weight excluding hydrogens is 364 g/mol. The summed E-state index contributed by atoms with van der Waals surface area (Å²) in [5, 5.41) is 10.1. The maximum absolute atomic E-state index is 12.2. The standard InChI is InChI=1S/C20H22N2O2S2/c23-19(11-9-15-5-3-13-25-15)21-17-7-1-2-8-18(17)22-20(24)12-10-16-6-4-14-26-16/h3-6,9-14,17-18H,1-2,7-8H2,(H,21,23)(H,22,24)/b11-9+,12-10+. The molecular formula is C20H22N2O2S2. The Labute approximate surface area is 161 Å². The van der Waals surface area contributed by atoms with Gasteiger partial charge in [0.05, 0.1) is 0 Å². The Morgan fingerprint density at radius 2 is 1.31 bits per heavy atom. The van der Waals surface area contributed by atoms with Crippen molar-refractivity contribution in [2.45, 2.75) is 37.8 Å². The molecule has 0 aromatic carbocycles. The lowest BCUT2D eigenvalue weighted by atomic mass is 9.90. The van der Waals surface area contributed by atoms with Crippen molar-refractivity contribution in [3.63, 3.8) is 0 Å². The molecule has 2 aromatic rings. The lowest BCUT2D eigenvalue weighted by Gasteiger charge is -2.32. The van der Waals surface area contributed by atoms with Crippen LogP contribution in [0.4, 0.5) is 0 Å². The van der Waals surface area contributed by atoms with Crippen molar-refractivity contribution < 1.29 is 9.59 Å². The van der Waals surface area contributed by atoms with E-state index in [4.69, 9.17) is 0 Å². The Morgan fingerprint density at radius 3 is 1.69 bits per heavy atom. The second-order valence-electron chi connectivity index (χ2n) is 6.21. The van der Waals surface area contributed by atoms with Gasteiger partial charge in [-0.1, -0.05) is 25.0 Å². The van der Waals surface area contributed by atoms with Gasteiger partial charge < -0.3 is 10.6 Å². The first kappa shape index (κ1) is 18.6. The summed E-state index contributed by atoms with van der Waals surface area (Å²) in [4.78, 5) is 26.5. The summed E-state index contributed by atoms with van der Waals surface area (Å²) < 4.78 is 0. The molecule has 3 rings (SSSR count). The van der Waals surface area contributed by atoms with Crippen LogP contribution in [0, 0.1) is 0 Å². The normalized spacial score (nSPS) is 20.5. The van der Waals surface area contributed by atoms with Gasteiger partial charge in [0, 0.05) is 34.0 Å². The van der Waals surface area contributed by atoms with Gasteiger partial charge in [-0.15, -0.1) is 22.7 Å². The summed E-state index contributed by atoms with van der Waals surface area (Å²) >= 11 is 3.19. The zero-order valence-corrected chi connectivity index (χ0v) is 16.0. The minimum Gasteiger partial charge on any atom is -0.348 e. The molecule has 0 spiro atoms. The van der Waals surface area contributed by atoms with E-state index in [0.29, 0.717) is 0 Å². The molecule has 1 fully saturated rings. The fourth-order valence-electron chi connectivity index (χ4n) is 3.03. The van der Waals surface area contributed by atoms with E-state index in [2.05, 4.69) is 10.6 Å². The first-order chi connectivity index (χ1) is 12.7. The smallest absolute Gasteiger partial charge is 0.244 e. The van der Waals surface area contributed by atoms with Crippen molar-refractivity contribution in [1.29, 1.82) is 0 Å². The van der Waals surface area contributed by atoms with Crippen LogP contribution in [0.25, 0.3) is 12.2 Å².